The number of hydrogen-bond acceptors (Lipinski definition) is 5. The normalized spacial score (nSPS) is 18.6. The molecular formula is C13H23N3OS. The minimum atomic E-state index is 0.413. The van der Waals surface area contributed by atoms with E-state index in [1.54, 1.807) is 18.4 Å². The van der Waals surface area contributed by atoms with Gasteiger partial charge in [-0.2, -0.15) is 0 Å². The molecule has 1 fully saturated rings. The molecule has 0 bridgehead atoms. The van der Waals surface area contributed by atoms with E-state index in [1.165, 1.54) is 11.3 Å². The number of nitrogens with one attached hydrogen (secondary N) is 1. The minimum Gasteiger partial charge on any atom is -0.378 e. The highest BCUT2D eigenvalue weighted by atomic mass is 32.1. The number of nitrogens with zero attached hydrogens (tertiary/aromatic N) is 2. The van der Waals surface area contributed by atoms with Crippen molar-refractivity contribution in [3.63, 3.8) is 0 Å². The number of thiazole rings is 1. The van der Waals surface area contributed by atoms with E-state index in [1.807, 2.05) is 7.05 Å². The Labute approximate surface area is 113 Å². The van der Waals surface area contributed by atoms with Crippen molar-refractivity contribution in [1.29, 1.82) is 0 Å². The van der Waals surface area contributed by atoms with Gasteiger partial charge in [0.25, 0.3) is 0 Å². The van der Waals surface area contributed by atoms with E-state index < -0.39 is 0 Å². The fourth-order valence-corrected chi connectivity index (χ4v) is 3.43. The summed E-state index contributed by atoms with van der Waals surface area (Å²) < 4.78 is 5.23. The predicted octanol–water partition coefficient (Wildman–Crippen LogP) is 2.25. The molecule has 0 saturated carbocycles. The Kier molecular flexibility index (Phi) is 4.25. The summed E-state index contributed by atoms with van der Waals surface area (Å²) in [7, 11) is 3.69. The van der Waals surface area contributed by atoms with E-state index in [0.29, 0.717) is 12.0 Å². The van der Waals surface area contributed by atoms with E-state index in [4.69, 9.17) is 9.72 Å². The Bertz CT molecular complexity index is 379. The van der Waals surface area contributed by atoms with Crippen LogP contribution in [0.25, 0.3) is 0 Å². The number of rotatable bonds is 5. The summed E-state index contributed by atoms with van der Waals surface area (Å²) in [5.74, 6) is 0. The lowest BCUT2D eigenvalue weighted by Gasteiger charge is -2.18. The lowest BCUT2D eigenvalue weighted by molar-refractivity contribution is 0.181. The third-order valence-corrected chi connectivity index (χ3v) is 4.49. The number of ether oxygens (including phenoxy) is 1. The molecule has 1 aliphatic rings. The van der Waals surface area contributed by atoms with Crippen molar-refractivity contribution in [3.8, 4) is 0 Å². The van der Waals surface area contributed by atoms with Crippen LogP contribution in [0.4, 0.5) is 5.13 Å². The number of anilines is 1. The molecule has 1 aliphatic heterocycles. The second kappa shape index (κ2) is 5.55. The topological polar surface area (TPSA) is 37.4 Å². The summed E-state index contributed by atoms with van der Waals surface area (Å²) >= 11 is 1.79. The summed E-state index contributed by atoms with van der Waals surface area (Å²) in [4.78, 5) is 8.44. The zero-order valence-corrected chi connectivity index (χ0v) is 12.6. The first-order valence-corrected chi connectivity index (χ1v) is 7.24. The summed E-state index contributed by atoms with van der Waals surface area (Å²) in [5, 5.41) is 4.35. The Hall–Kier alpha value is -0.650. The van der Waals surface area contributed by atoms with E-state index in [2.05, 4.69) is 24.1 Å². The van der Waals surface area contributed by atoms with Crippen LogP contribution >= 0.6 is 11.3 Å². The van der Waals surface area contributed by atoms with Crippen LogP contribution in [0.1, 0.15) is 30.8 Å². The molecule has 0 amide bonds. The average Bonchev–Trinajstić information content (AvgIpc) is 2.84. The lowest BCUT2D eigenvalue weighted by atomic mass is 9.93. The minimum absolute atomic E-state index is 0.413. The van der Waals surface area contributed by atoms with Crippen molar-refractivity contribution in [2.24, 2.45) is 5.41 Å². The first kappa shape index (κ1) is 13.8. The second-order valence-electron chi connectivity index (χ2n) is 5.67. The first-order chi connectivity index (χ1) is 8.55. The Morgan fingerprint density at radius 3 is 2.83 bits per heavy atom. The standard InChI is InChI=1S/C13H23N3OS/c1-13(2)5-6-16(9-13)12-15-10(8-17-4)11(18-12)7-14-3/h14H,5-9H2,1-4H3. The maximum atomic E-state index is 5.23. The van der Waals surface area contributed by atoms with Gasteiger partial charge < -0.3 is 15.0 Å². The summed E-state index contributed by atoms with van der Waals surface area (Å²) in [5.41, 5.74) is 1.49. The molecule has 2 rings (SSSR count). The molecule has 2 heterocycles. The van der Waals surface area contributed by atoms with Crippen LogP contribution in [-0.2, 0) is 17.9 Å². The van der Waals surface area contributed by atoms with Crippen LogP contribution < -0.4 is 10.2 Å². The van der Waals surface area contributed by atoms with Gasteiger partial charge in [-0.15, -0.1) is 11.3 Å². The fraction of sp³-hybridized carbons (Fsp3) is 0.769. The molecule has 102 valence electrons. The van der Waals surface area contributed by atoms with Crippen LogP contribution in [0.3, 0.4) is 0 Å². The maximum Gasteiger partial charge on any atom is 0.185 e. The SMILES string of the molecule is CNCc1sc(N2CCC(C)(C)C2)nc1COC. The number of aromatic nitrogens is 1. The molecule has 1 N–H and O–H groups in total. The van der Waals surface area contributed by atoms with E-state index in [0.717, 1.165) is 30.5 Å². The summed E-state index contributed by atoms with van der Waals surface area (Å²) in [6.07, 6.45) is 1.24. The summed E-state index contributed by atoms with van der Waals surface area (Å²) in [6.45, 7) is 8.34. The van der Waals surface area contributed by atoms with Crippen LogP contribution in [0.5, 0.6) is 0 Å². The fourth-order valence-electron chi connectivity index (χ4n) is 2.33. The van der Waals surface area contributed by atoms with Gasteiger partial charge in [0.05, 0.1) is 12.3 Å². The molecule has 1 aromatic heterocycles. The molecule has 0 spiro atoms. The van der Waals surface area contributed by atoms with Gasteiger partial charge in [0, 0.05) is 31.6 Å². The van der Waals surface area contributed by atoms with Gasteiger partial charge in [-0.3, -0.25) is 0 Å². The predicted molar refractivity (Wildman–Crippen MR) is 76.2 cm³/mol. The van der Waals surface area contributed by atoms with E-state index in [9.17, 15) is 0 Å². The molecule has 0 unspecified atom stereocenters. The molecule has 1 aromatic rings. The van der Waals surface area contributed by atoms with Crippen LogP contribution in [0.2, 0.25) is 0 Å². The average molecular weight is 269 g/mol. The van der Waals surface area contributed by atoms with Gasteiger partial charge >= 0.3 is 0 Å². The van der Waals surface area contributed by atoms with Crippen LogP contribution in [-0.4, -0.2) is 32.2 Å². The van der Waals surface area contributed by atoms with Gasteiger partial charge in [0.15, 0.2) is 5.13 Å². The van der Waals surface area contributed by atoms with Crippen molar-refractivity contribution in [1.82, 2.24) is 10.3 Å². The van der Waals surface area contributed by atoms with Gasteiger partial charge in [-0.1, -0.05) is 13.8 Å². The molecule has 0 atom stereocenters. The van der Waals surface area contributed by atoms with Crippen molar-refractivity contribution in [2.45, 2.75) is 33.4 Å². The van der Waals surface area contributed by atoms with Gasteiger partial charge in [0.1, 0.15) is 0 Å². The summed E-state index contributed by atoms with van der Waals surface area (Å²) in [6, 6.07) is 0. The lowest BCUT2D eigenvalue weighted by Crippen LogP contribution is -2.22. The molecule has 0 radical (unpaired) electrons. The van der Waals surface area contributed by atoms with Crippen molar-refractivity contribution >= 4 is 16.5 Å². The molecular weight excluding hydrogens is 246 g/mol. The Morgan fingerprint density at radius 2 is 2.28 bits per heavy atom. The second-order valence-corrected chi connectivity index (χ2v) is 6.73. The molecule has 0 aliphatic carbocycles. The van der Waals surface area contributed by atoms with Crippen molar-refractivity contribution < 1.29 is 4.74 Å². The molecule has 18 heavy (non-hydrogen) atoms. The molecule has 1 saturated heterocycles. The van der Waals surface area contributed by atoms with Crippen LogP contribution in [0, 0.1) is 5.41 Å². The molecule has 0 aromatic carbocycles. The first-order valence-electron chi connectivity index (χ1n) is 6.43. The van der Waals surface area contributed by atoms with Gasteiger partial charge in [-0.25, -0.2) is 4.98 Å². The van der Waals surface area contributed by atoms with Gasteiger partial charge in [0.2, 0.25) is 0 Å². The highest BCUT2D eigenvalue weighted by molar-refractivity contribution is 7.15. The molecule has 5 heteroatoms. The maximum absolute atomic E-state index is 5.23. The highest BCUT2D eigenvalue weighted by Gasteiger charge is 2.31. The van der Waals surface area contributed by atoms with Crippen molar-refractivity contribution in [2.75, 3.05) is 32.1 Å². The third kappa shape index (κ3) is 3.02. The van der Waals surface area contributed by atoms with Gasteiger partial charge in [-0.05, 0) is 18.9 Å². The van der Waals surface area contributed by atoms with E-state index in [-0.39, 0.29) is 0 Å². The number of hydrogen-bond donors (Lipinski definition) is 1. The smallest absolute Gasteiger partial charge is 0.185 e. The van der Waals surface area contributed by atoms with Crippen LogP contribution in [0.15, 0.2) is 0 Å². The Morgan fingerprint density at radius 1 is 1.50 bits per heavy atom. The third-order valence-electron chi connectivity index (χ3n) is 3.33. The number of methoxy groups -OCH3 is 1. The largest absolute Gasteiger partial charge is 0.378 e. The zero-order chi connectivity index (χ0) is 13.2. The van der Waals surface area contributed by atoms with Crippen molar-refractivity contribution in [3.05, 3.63) is 10.6 Å². The monoisotopic (exact) mass is 269 g/mol. The quantitative estimate of drug-likeness (QED) is 0.889. The highest BCUT2D eigenvalue weighted by Crippen LogP contribution is 2.35. The molecule has 4 nitrogen and oxygen atoms in total. The Balaban J connectivity index is 2.16. The van der Waals surface area contributed by atoms with E-state index >= 15 is 0 Å². The zero-order valence-electron chi connectivity index (χ0n) is 11.7.